The average Bonchev–Trinajstić information content (AvgIpc) is 2.93. The van der Waals surface area contributed by atoms with Gasteiger partial charge in [-0.2, -0.15) is 5.10 Å². The van der Waals surface area contributed by atoms with Gasteiger partial charge in [-0.25, -0.2) is 5.43 Å². The SMILES string of the molecule is C=CCc1cc(/C=N\NC(=O)c2cc3ccccc3cc2OC)cc(OCC)c1OCc1ccc(Cl)cc1Cl. The van der Waals surface area contributed by atoms with E-state index in [1.807, 2.05) is 49.4 Å². The van der Waals surface area contributed by atoms with Gasteiger partial charge in [0.2, 0.25) is 0 Å². The maximum absolute atomic E-state index is 12.9. The monoisotopic (exact) mass is 562 g/mol. The number of hydrazone groups is 1. The Balaban J connectivity index is 1.57. The van der Waals surface area contributed by atoms with Crippen LogP contribution in [0.2, 0.25) is 10.0 Å². The van der Waals surface area contributed by atoms with Gasteiger partial charge in [-0.3, -0.25) is 4.79 Å². The number of allylic oxidation sites excluding steroid dienone is 1. The Morgan fingerprint density at radius 2 is 1.74 bits per heavy atom. The van der Waals surface area contributed by atoms with Gasteiger partial charge in [0.1, 0.15) is 12.4 Å². The number of carbonyl (C=O) groups is 1. The van der Waals surface area contributed by atoms with Gasteiger partial charge in [0, 0.05) is 21.2 Å². The molecule has 0 aliphatic rings. The normalized spacial score (nSPS) is 11.0. The van der Waals surface area contributed by atoms with Crippen molar-refractivity contribution >= 4 is 46.1 Å². The predicted molar refractivity (Wildman–Crippen MR) is 158 cm³/mol. The van der Waals surface area contributed by atoms with Crippen LogP contribution in [0.4, 0.5) is 0 Å². The maximum atomic E-state index is 12.9. The summed E-state index contributed by atoms with van der Waals surface area (Å²) in [6.45, 7) is 6.43. The van der Waals surface area contributed by atoms with Gasteiger partial charge in [0.15, 0.2) is 11.5 Å². The van der Waals surface area contributed by atoms with Crippen molar-refractivity contribution < 1.29 is 19.0 Å². The molecule has 1 N–H and O–H groups in total. The highest BCUT2D eigenvalue weighted by molar-refractivity contribution is 6.35. The van der Waals surface area contributed by atoms with Gasteiger partial charge < -0.3 is 14.2 Å². The van der Waals surface area contributed by atoms with E-state index in [-0.39, 0.29) is 12.5 Å². The van der Waals surface area contributed by atoms with E-state index in [1.165, 1.54) is 7.11 Å². The van der Waals surface area contributed by atoms with E-state index in [0.29, 0.717) is 45.9 Å². The molecule has 0 saturated heterocycles. The lowest BCUT2D eigenvalue weighted by atomic mass is 10.1. The second-order valence-electron chi connectivity index (χ2n) is 8.56. The first-order chi connectivity index (χ1) is 18.9. The summed E-state index contributed by atoms with van der Waals surface area (Å²) in [5, 5.41) is 7.17. The molecule has 1 amide bonds. The fraction of sp³-hybridized carbons (Fsp3) is 0.161. The molecule has 0 radical (unpaired) electrons. The molecule has 0 bridgehead atoms. The summed E-state index contributed by atoms with van der Waals surface area (Å²) in [6, 6.07) is 20.4. The molecule has 39 heavy (non-hydrogen) atoms. The Hall–Kier alpha value is -4.00. The van der Waals surface area contributed by atoms with Crippen molar-refractivity contribution in [3.63, 3.8) is 0 Å². The second kappa shape index (κ2) is 13.2. The molecule has 4 aromatic rings. The molecule has 0 aliphatic heterocycles. The van der Waals surface area contributed by atoms with Crippen LogP contribution in [0.3, 0.4) is 0 Å². The van der Waals surface area contributed by atoms with Crippen LogP contribution >= 0.6 is 23.2 Å². The molecule has 6 nitrogen and oxygen atoms in total. The lowest BCUT2D eigenvalue weighted by molar-refractivity contribution is 0.0952. The van der Waals surface area contributed by atoms with Crippen LogP contribution in [0, 0.1) is 0 Å². The minimum absolute atomic E-state index is 0.233. The molecule has 0 saturated carbocycles. The number of benzene rings is 4. The van der Waals surface area contributed by atoms with E-state index in [2.05, 4.69) is 17.1 Å². The first kappa shape index (κ1) is 28.0. The number of carbonyl (C=O) groups excluding carboxylic acids is 1. The number of nitrogens with zero attached hydrogens (tertiary/aromatic N) is 1. The molecule has 0 unspecified atom stereocenters. The standard InChI is InChI=1S/C31H28Cl2N2O4/c1-4-8-23-13-20(14-29(38-5-2)30(23)39-19-24-11-12-25(32)17-27(24)33)18-34-35-31(36)26-15-21-9-6-7-10-22(21)16-28(26)37-3/h4,6-7,9-18H,1,5,8,19H2,2-3H3,(H,35,36)/b34-18-. The van der Waals surface area contributed by atoms with Crippen LogP contribution in [0.15, 0.2) is 84.5 Å². The Morgan fingerprint density at radius 3 is 2.44 bits per heavy atom. The summed E-state index contributed by atoms with van der Waals surface area (Å²) in [6.07, 6.45) is 3.87. The van der Waals surface area contributed by atoms with Crippen LogP contribution in [0.1, 0.15) is 34.0 Å². The van der Waals surface area contributed by atoms with Gasteiger partial charge >= 0.3 is 0 Å². The largest absolute Gasteiger partial charge is 0.496 e. The summed E-state index contributed by atoms with van der Waals surface area (Å²) < 4.78 is 17.5. The fourth-order valence-electron chi connectivity index (χ4n) is 4.07. The van der Waals surface area contributed by atoms with Gasteiger partial charge in [-0.15, -0.1) is 6.58 Å². The van der Waals surface area contributed by atoms with Gasteiger partial charge in [0.05, 0.1) is 25.5 Å². The van der Waals surface area contributed by atoms with E-state index < -0.39 is 0 Å². The quantitative estimate of drug-likeness (QED) is 0.116. The minimum Gasteiger partial charge on any atom is -0.496 e. The van der Waals surface area contributed by atoms with Crippen molar-refractivity contribution in [1.82, 2.24) is 5.43 Å². The summed E-state index contributed by atoms with van der Waals surface area (Å²) in [7, 11) is 1.53. The van der Waals surface area contributed by atoms with E-state index in [1.54, 1.807) is 36.6 Å². The second-order valence-corrected chi connectivity index (χ2v) is 9.40. The van der Waals surface area contributed by atoms with Crippen molar-refractivity contribution in [3.05, 3.63) is 112 Å². The van der Waals surface area contributed by atoms with Gasteiger partial charge in [-0.1, -0.05) is 59.6 Å². The molecular weight excluding hydrogens is 535 g/mol. The first-order valence-electron chi connectivity index (χ1n) is 12.3. The van der Waals surface area contributed by atoms with Crippen molar-refractivity contribution in [2.75, 3.05) is 13.7 Å². The Kier molecular flexibility index (Phi) is 9.47. The Labute approximate surface area is 237 Å². The van der Waals surface area contributed by atoms with Crippen molar-refractivity contribution in [2.45, 2.75) is 20.0 Å². The summed E-state index contributed by atoms with van der Waals surface area (Å²) in [5.74, 6) is 1.22. The molecule has 0 aromatic heterocycles. The average molecular weight is 563 g/mol. The Bertz CT molecular complexity index is 1540. The van der Waals surface area contributed by atoms with E-state index >= 15 is 0 Å². The molecule has 4 rings (SSSR count). The first-order valence-corrected chi connectivity index (χ1v) is 13.1. The molecule has 0 atom stereocenters. The summed E-state index contributed by atoms with van der Waals surface area (Å²) in [4.78, 5) is 12.9. The molecular formula is C31H28Cl2N2O4. The highest BCUT2D eigenvalue weighted by Gasteiger charge is 2.15. The number of hydrogen-bond donors (Lipinski definition) is 1. The maximum Gasteiger partial charge on any atom is 0.275 e. The highest BCUT2D eigenvalue weighted by atomic mass is 35.5. The third-order valence-electron chi connectivity index (χ3n) is 5.90. The van der Waals surface area contributed by atoms with Gasteiger partial charge in [-0.05, 0) is 66.1 Å². The lowest BCUT2D eigenvalue weighted by Gasteiger charge is -2.17. The number of ether oxygens (including phenoxy) is 3. The zero-order valence-electron chi connectivity index (χ0n) is 21.7. The number of halogens is 2. The molecule has 0 fully saturated rings. The molecule has 0 spiro atoms. The third kappa shape index (κ3) is 6.91. The minimum atomic E-state index is -0.384. The van der Waals surface area contributed by atoms with E-state index in [0.717, 1.165) is 27.5 Å². The molecule has 200 valence electrons. The van der Waals surface area contributed by atoms with Crippen molar-refractivity contribution in [3.8, 4) is 17.2 Å². The van der Waals surface area contributed by atoms with Crippen molar-refractivity contribution in [1.29, 1.82) is 0 Å². The third-order valence-corrected chi connectivity index (χ3v) is 6.48. The number of amides is 1. The summed E-state index contributed by atoms with van der Waals surface area (Å²) >= 11 is 12.3. The zero-order valence-corrected chi connectivity index (χ0v) is 23.2. The number of fused-ring (bicyclic) bond motifs is 1. The van der Waals surface area contributed by atoms with Crippen LogP contribution < -0.4 is 19.6 Å². The number of rotatable bonds is 11. The highest BCUT2D eigenvalue weighted by Crippen LogP contribution is 2.35. The van der Waals surface area contributed by atoms with Crippen molar-refractivity contribution in [2.24, 2.45) is 5.10 Å². The van der Waals surface area contributed by atoms with Crippen LogP contribution in [0.25, 0.3) is 10.8 Å². The molecule has 0 heterocycles. The van der Waals surface area contributed by atoms with Crippen LogP contribution in [0.5, 0.6) is 17.2 Å². The fourth-order valence-corrected chi connectivity index (χ4v) is 4.53. The lowest BCUT2D eigenvalue weighted by Crippen LogP contribution is -2.18. The zero-order chi connectivity index (χ0) is 27.8. The summed E-state index contributed by atoms with van der Waals surface area (Å²) in [5.41, 5.74) is 5.35. The van der Waals surface area contributed by atoms with E-state index in [9.17, 15) is 4.79 Å². The number of hydrogen-bond acceptors (Lipinski definition) is 5. The molecule has 4 aromatic carbocycles. The Morgan fingerprint density at radius 1 is 0.974 bits per heavy atom. The molecule has 8 heteroatoms. The van der Waals surface area contributed by atoms with E-state index in [4.69, 9.17) is 37.4 Å². The predicted octanol–water partition coefficient (Wildman–Crippen LogP) is 7.63. The number of nitrogens with one attached hydrogen (secondary N) is 1. The van der Waals surface area contributed by atoms with Crippen LogP contribution in [-0.2, 0) is 13.0 Å². The van der Waals surface area contributed by atoms with Gasteiger partial charge in [0.25, 0.3) is 5.91 Å². The topological polar surface area (TPSA) is 69.2 Å². The molecule has 0 aliphatic carbocycles. The van der Waals surface area contributed by atoms with Crippen LogP contribution in [-0.4, -0.2) is 25.8 Å². The number of methoxy groups -OCH3 is 1. The smallest absolute Gasteiger partial charge is 0.275 e.